The molecule has 0 spiro atoms. The van der Waals surface area contributed by atoms with Gasteiger partial charge in [-0.15, -0.1) is 0 Å². The van der Waals surface area contributed by atoms with E-state index < -0.39 is 12.1 Å². The molecule has 3 heterocycles. The lowest BCUT2D eigenvalue weighted by atomic mass is 10.0. The molecule has 2 N–H and O–H groups in total. The normalized spacial score (nSPS) is 18.9. The van der Waals surface area contributed by atoms with Gasteiger partial charge in [0.05, 0.1) is 12.6 Å². The minimum absolute atomic E-state index is 0.0181. The summed E-state index contributed by atoms with van der Waals surface area (Å²) < 4.78 is 1.80. The molecular weight excluding hydrogens is 506 g/mol. The van der Waals surface area contributed by atoms with Gasteiger partial charge in [-0.3, -0.25) is 19.4 Å². The number of hydrogen-bond acceptors (Lipinski definition) is 6. The van der Waals surface area contributed by atoms with E-state index in [0.29, 0.717) is 57.0 Å². The van der Waals surface area contributed by atoms with Gasteiger partial charge in [-0.25, -0.2) is 9.67 Å². The first-order valence-electron chi connectivity index (χ1n) is 14.0. The topological polar surface area (TPSA) is 122 Å². The van der Waals surface area contributed by atoms with E-state index in [1.807, 2.05) is 63.2 Å². The van der Waals surface area contributed by atoms with Crippen LogP contribution in [0.25, 0.3) is 0 Å². The second kappa shape index (κ2) is 13.8. The average Bonchev–Trinajstić information content (AvgIpc) is 3.31. The number of pyridine rings is 1. The van der Waals surface area contributed by atoms with E-state index in [9.17, 15) is 14.4 Å². The molecule has 0 unspecified atom stereocenters. The largest absolute Gasteiger partial charge is 0.344 e. The van der Waals surface area contributed by atoms with E-state index >= 15 is 0 Å². The third-order valence-corrected chi connectivity index (χ3v) is 7.10. The molecule has 2 atom stereocenters. The van der Waals surface area contributed by atoms with Gasteiger partial charge in [-0.1, -0.05) is 50.2 Å². The first-order valence-corrected chi connectivity index (χ1v) is 14.0. The summed E-state index contributed by atoms with van der Waals surface area (Å²) in [5, 5.41) is 10.7. The van der Waals surface area contributed by atoms with Crippen molar-refractivity contribution in [3.63, 3.8) is 0 Å². The van der Waals surface area contributed by atoms with Crippen molar-refractivity contribution in [2.45, 2.75) is 71.5 Å². The molecule has 4 rings (SSSR count). The minimum atomic E-state index is -0.742. The predicted octanol–water partition coefficient (Wildman–Crippen LogP) is 2.78. The minimum Gasteiger partial charge on any atom is -0.344 e. The predicted molar refractivity (Wildman–Crippen MR) is 151 cm³/mol. The Morgan fingerprint density at radius 1 is 1.02 bits per heavy atom. The fraction of sp³-hybridized carbons (Fsp3) is 0.467. The van der Waals surface area contributed by atoms with Crippen LogP contribution in [0.2, 0.25) is 0 Å². The number of amides is 3. The van der Waals surface area contributed by atoms with Gasteiger partial charge in [0.2, 0.25) is 17.7 Å². The third-order valence-electron chi connectivity index (χ3n) is 7.10. The number of carbonyl (C=O) groups excluding carboxylic acids is 3. The first-order chi connectivity index (χ1) is 19.3. The Bertz CT molecular complexity index is 1280. The summed E-state index contributed by atoms with van der Waals surface area (Å²) in [5.41, 5.74) is 1.96. The first kappa shape index (κ1) is 28.9. The van der Waals surface area contributed by atoms with E-state index in [1.165, 1.54) is 0 Å². The number of rotatable bonds is 6. The van der Waals surface area contributed by atoms with Crippen molar-refractivity contribution >= 4 is 17.7 Å². The Morgan fingerprint density at radius 2 is 1.80 bits per heavy atom. The highest BCUT2D eigenvalue weighted by molar-refractivity contribution is 5.88. The van der Waals surface area contributed by atoms with E-state index in [-0.39, 0.29) is 30.1 Å². The summed E-state index contributed by atoms with van der Waals surface area (Å²) in [5.74, 6) is 0.812. The van der Waals surface area contributed by atoms with Crippen LogP contribution in [-0.2, 0) is 33.8 Å². The molecule has 2 aromatic heterocycles. The summed E-state index contributed by atoms with van der Waals surface area (Å²) in [4.78, 5) is 50.4. The Kier molecular flexibility index (Phi) is 9.99. The van der Waals surface area contributed by atoms with Crippen LogP contribution in [0.5, 0.6) is 0 Å². The Hall–Kier alpha value is -4.08. The quantitative estimate of drug-likeness (QED) is 0.491. The number of aryl methyl sites for hydroxylation is 2. The summed E-state index contributed by atoms with van der Waals surface area (Å²) in [6.07, 6.45) is 5.51. The van der Waals surface area contributed by atoms with Crippen molar-refractivity contribution in [1.29, 1.82) is 0 Å². The molecule has 10 nitrogen and oxygen atoms in total. The second-order valence-electron chi connectivity index (χ2n) is 10.6. The van der Waals surface area contributed by atoms with Crippen LogP contribution in [0, 0.1) is 12.8 Å². The fourth-order valence-electron chi connectivity index (χ4n) is 4.94. The molecule has 40 heavy (non-hydrogen) atoms. The molecule has 10 heteroatoms. The second-order valence-corrected chi connectivity index (χ2v) is 10.6. The van der Waals surface area contributed by atoms with Crippen molar-refractivity contribution in [2.75, 3.05) is 13.1 Å². The summed E-state index contributed by atoms with van der Waals surface area (Å²) in [7, 11) is 0. The van der Waals surface area contributed by atoms with Crippen LogP contribution in [0.1, 0.15) is 61.9 Å². The molecule has 0 radical (unpaired) electrons. The Labute approximate surface area is 235 Å². The summed E-state index contributed by atoms with van der Waals surface area (Å²) in [6.45, 7) is 7.16. The van der Waals surface area contributed by atoms with Gasteiger partial charge in [0.25, 0.3) is 0 Å². The van der Waals surface area contributed by atoms with Crippen LogP contribution in [0.4, 0.5) is 0 Å². The molecule has 0 bridgehead atoms. The number of nitrogens with one attached hydrogen (secondary N) is 2. The number of aromatic nitrogens is 4. The van der Waals surface area contributed by atoms with E-state index in [4.69, 9.17) is 0 Å². The van der Waals surface area contributed by atoms with E-state index in [1.54, 1.807) is 22.0 Å². The smallest absolute Gasteiger partial charge is 0.243 e. The number of fused-ring (bicyclic) bond motifs is 1. The lowest BCUT2D eigenvalue weighted by molar-refractivity contribution is -0.132. The maximum absolute atomic E-state index is 13.6. The molecule has 1 aliphatic heterocycles. The van der Waals surface area contributed by atoms with Crippen LogP contribution in [-0.4, -0.2) is 61.5 Å². The van der Waals surface area contributed by atoms with Gasteiger partial charge < -0.3 is 15.5 Å². The highest BCUT2D eigenvalue weighted by Crippen LogP contribution is 2.21. The molecule has 3 amide bonds. The molecule has 0 aliphatic carbocycles. The zero-order valence-corrected chi connectivity index (χ0v) is 23.5. The van der Waals surface area contributed by atoms with Gasteiger partial charge in [0, 0.05) is 44.7 Å². The molecule has 3 aromatic rings. The molecule has 1 aromatic carbocycles. The number of hydrogen-bond donors (Lipinski definition) is 2. The van der Waals surface area contributed by atoms with Gasteiger partial charge in [-0.2, -0.15) is 5.10 Å². The van der Waals surface area contributed by atoms with Crippen LogP contribution < -0.4 is 10.6 Å². The van der Waals surface area contributed by atoms with Crippen LogP contribution in [0.3, 0.4) is 0 Å². The van der Waals surface area contributed by atoms with Crippen LogP contribution >= 0.6 is 0 Å². The molecule has 0 saturated heterocycles. The fourth-order valence-corrected chi connectivity index (χ4v) is 4.94. The highest BCUT2D eigenvalue weighted by Gasteiger charge is 2.30. The summed E-state index contributed by atoms with van der Waals surface area (Å²) >= 11 is 0. The van der Waals surface area contributed by atoms with Gasteiger partial charge in [0.15, 0.2) is 0 Å². The zero-order valence-electron chi connectivity index (χ0n) is 23.5. The Balaban J connectivity index is 1.58. The Morgan fingerprint density at radius 3 is 2.52 bits per heavy atom. The van der Waals surface area contributed by atoms with Gasteiger partial charge in [0.1, 0.15) is 17.7 Å². The number of nitrogens with zero attached hydrogens (tertiary/aromatic N) is 5. The SMILES string of the molecule is Cc1nc2n(n1)CCN(C(=O)CCc1cccnc1)CCCC(=O)N[C@@H](Cc1ccccc1)C(=O)N[C@@H]2C(C)C. The lowest BCUT2D eigenvalue weighted by Gasteiger charge is -2.28. The number of benzene rings is 1. The molecule has 212 valence electrons. The van der Waals surface area contributed by atoms with Gasteiger partial charge >= 0.3 is 0 Å². The third kappa shape index (κ3) is 7.97. The van der Waals surface area contributed by atoms with Crippen molar-refractivity contribution in [3.8, 4) is 0 Å². The molecule has 0 saturated carbocycles. The lowest BCUT2D eigenvalue weighted by Crippen LogP contribution is -2.50. The molecule has 1 aliphatic rings. The molecule has 0 fully saturated rings. The van der Waals surface area contributed by atoms with Crippen molar-refractivity contribution in [3.05, 3.63) is 77.6 Å². The van der Waals surface area contributed by atoms with Crippen molar-refractivity contribution < 1.29 is 14.4 Å². The number of carbonyl (C=O) groups is 3. The van der Waals surface area contributed by atoms with Crippen molar-refractivity contribution in [1.82, 2.24) is 35.3 Å². The zero-order chi connectivity index (χ0) is 28.5. The van der Waals surface area contributed by atoms with Crippen molar-refractivity contribution in [2.24, 2.45) is 5.92 Å². The average molecular weight is 546 g/mol. The van der Waals surface area contributed by atoms with E-state index in [0.717, 1.165) is 11.1 Å². The van der Waals surface area contributed by atoms with Crippen LogP contribution in [0.15, 0.2) is 54.9 Å². The van der Waals surface area contributed by atoms with E-state index in [2.05, 4.69) is 25.7 Å². The summed E-state index contributed by atoms with van der Waals surface area (Å²) in [6, 6.07) is 12.3. The molecular formula is C30H39N7O3. The standard InChI is InChI=1S/C30H39N7O3/c1-21(2)28-29-32-22(3)35-37(29)18-17-36(27(39)14-13-24-11-7-15-31-20-24)16-8-12-26(38)33-25(30(40)34-28)19-23-9-5-4-6-10-23/h4-7,9-11,15,20-21,25,28H,8,12-14,16-19H2,1-3H3,(H,33,38)(H,34,40)/t25-,28+/m0/s1. The highest BCUT2D eigenvalue weighted by atomic mass is 16.2. The maximum atomic E-state index is 13.6. The van der Waals surface area contributed by atoms with Gasteiger partial charge in [-0.05, 0) is 42.9 Å². The monoisotopic (exact) mass is 545 g/mol. The maximum Gasteiger partial charge on any atom is 0.243 e.